The van der Waals surface area contributed by atoms with E-state index in [2.05, 4.69) is 0 Å². The lowest BCUT2D eigenvalue weighted by molar-refractivity contribution is 0.0873. The average molecular weight is 256 g/mol. The van der Waals surface area contributed by atoms with E-state index in [9.17, 15) is 9.82 Å². The molecule has 0 fully saturated rings. The quantitative estimate of drug-likeness (QED) is 0.668. The van der Waals surface area contributed by atoms with E-state index in [1.807, 2.05) is 36.4 Å². The fraction of sp³-hybridized carbons (Fsp3) is 0.0714. The van der Waals surface area contributed by atoms with E-state index in [0.29, 0.717) is 5.46 Å². The zero-order valence-electron chi connectivity index (χ0n) is 10.2. The molecule has 2 rings (SSSR count). The van der Waals surface area contributed by atoms with Gasteiger partial charge in [-0.25, -0.2) is 4.79 Å². The van der Waals surface area contributed by atoms with Crippen molar-refractivity contribution < 1.29 is 19.2 Å². The number of benzene rings is 2. The van der Waals surface area contributed by atoms with Crippen molar-refractivity contribution in [3.8, 4) is 0 Å². The molecular weight excluding hydrogens is 243 g/mol. The summed E-state index contributed by atoms with van der Waals surface area (Å²) in [6.07, 6.45) is -0.903. The maximum atomic E-state index is 11.4. The maximum absolute atomic E-state index is 11.4. The van der Waals surface area contributed by atoms with E-state index >= 15 is 0 Å². The highest BCUT2D eigenvalue weighted by atomic mass is 16.7. The summed E-state index contributed by atoms with van der Waals surface area (Å²) < 4.78 is 9.65. The SMILES string of the molecule is O=C(OCc1ccccc1)OB(O)c1ccccc1. The van der Waals surface area contributed by atoms with Crippen LogP contribution in [-0.2, 0) is 16.0 Å². The number of carbonyl (C=O) groups excluding carboxylic acids is 1. The zero-order chi connectivity index (χ0) is 13.5. The van der Waals surface area contributed by atoms with Crippen molar-refractivity contribution in [3.05, 3.63) is 66.2 Å². The second kappa shape index (κ2) is 6.61. The molecule has 0 heterocycles. The first kappa shape index (κ1) is 13.2. The van der Waals surface area contributed by atoms with Crippen LogP contribution in [0, 0.1) is 0 Å². The highest BCUT2D eigenvalue weighted by molar-refractivity contribution is 6.61. The lowest BCUT2D eigenvalue weighted by atomic mass is 9.80. The Labute approximate surface area is 111 Å². The van der Waals surface area contributed by atoms with Crippen molar-refractivity contribution in [2.45, 2.75) is 6.61 Å². The average Bonchev–Trinajstić information content (AvgIpc) is 2.47. The molecule has 0 aliphatic carbocycles. The number of rotatable bonds is 4. The minimum absolute atomic E-state index is 0.112. The molecule has 96 valence electrons. The third-order valence-corrected chi connectivity index (χ3v) is 2.49. The summed E-state index contributed by atoms with van der Waals surface area (Å²) in [4.78, 5) is 11.4. The molecule has 0 radical (unpaired) electrons. The fourth-order valence-electron chi connectivity index (χ4n) is 1.53. The highest BCUT2D eigenvalue weighted by Gasteiger charge is 2.22. The molecule has 0 aromatic heterocycles. The van der Waals surface area contributed by atoms with Crippen molar-refractivity contribution in [2.24, 2.45) is 0 Å². The van der Waals surface area contributed by atoms with E-state index in [4.69, 9.17) is 9.39 Å². The molecule has 0 aliphatic heterocycles. The smallest absolute Gasteiger partial charge is 0.473 e. The predicted octanol–water partition coefficient (Wildman–Crippen LogP) is 1.73. The summed E-state index contributed by atoms with van der Waals surface area (Å²) in [5.74, 6) is 0. The van der Waals surface area contributed by atoms with Gasteiger partial charge < -0.3 is 14.4 Å². The first-order chi connectivity index (χ1) is 9.25. The Hall–Kier alpha value is -2.27. The largest absolute Gasteiger partial charge is 0.564 e. The van der Waals surface area contributed by atoms with E-state index in [1.54, 1.807) is 24.3 Å². The van der Waals surface area contributed by atoms with Gasteiger partial charge in [-0.15, -0.1) is 0 Å². The summed E-state index contributed by atoms with van der Waals surface area (Å²) >= 11 is 0. The molecule has 0 amide bonds. The number of ether oxygens (including phenoxy) is 1. The van der Waals surface area contributed by atoms with Crippen LogP contribution in [0.4, 0.5) is 4.79 Å². The van der Waals surface area contributed by atoms with Gasteiger partial charge in [-0.05, 0) is 11.0 Å². The van der Waals surface area contributed by atoms with Gasteiger partial charge in [0.1, 0.15) is 6.61 Å². The Morgan fingerprint density at radius 1 is 1.00 bits per heavy atom. The van der Waals surface area contributed by atoms with Gasteiger partial charge in [-0.1, -0.05) is 60.7 Å². The van der Waals surface area contributed by atoms with E-state index in [-0.39, 0.29) is 6.61 Å². The zero-order valence-corrected chi connectivity index (χ0v) is 10.2. The van der Waals surface area contributed by atoms with Crippen molar-refractivity contribution in [1.82, 2.24) is 0 Å². The van der Waals surface area contributed by atoms with Crippen LogP contribution in [-0.4, -0.2) is 18.3 Å². The third-order valence-electron chi connectivity index (χ3n) is 2.49. The van der Waals surface area contributed by atoms with Crippen molar-refractivity contribution >= 4 is 18.7 Å². The molecular formula is C14H13BO4. The molecule has 0 atom stereocenters. The van der Waals surface area contributed by atoms with Crippen LogP contribution in [0.2, 0.25) is 0 Å². The molecule has 19 heavy (non-hydrogen) atoms. The summed E-state index contributed by atoms with van der Waals surface area (Å²) in [5, 5.41) is 9.67. The lowest BCUT2D eigenvalue weighted by Crippen LogP contribution is -2.35. The minimum atomic E-state index is -1.32. The van der Waals surface area contributed by atoms with Crippen LogP contribution in [0.3, 0.4) is 0 Å². The van der Waals surface area contributed by atoms with Gasteiger partial charge >= 0.3 is 13.3 Å². The molecule has 0 saturated heterocycles. The predicted molar refractivity (Wildman–Crippen MR) is 71.8 cm³/mol. The Balaban J connectivity index is 1.82. The molecule has 0 saturated carbocycles. The summed E-state index contributed by atoms with van der Waals surface area (Å²) in [5.41, 5.74) is 1.35. The van der Waals surface area contributed by atoms with Crippen molar-refractivity contribution in [2.75, 3.05) is 0 Å². The van der Waals surface area contributed by atoms with Gasteiger partial charge in [-0.2, -0.15) is 0 Å². The maximum Gasteiger partial charge on any atom is 0.564 e. The second-order valence-electron chi connectivity index (χ2n) is 3.91. The Morgan fingerprint density at radius 2 is 1.58 bits per heavy atom. The van der Waals surface area contributed by atoms with Crippen LogP contribution in [0.1, 0.15) is 5.56 Å². The van der Waals surface area contributed by atoms with Gasteiger partial charge in [0, 0.05) is 0 Å². The molecule has 2 aromatic carbocycles. The van der Waals surface area contributed by atoms with Gasteiger partial charge in [0.25, 0.3) is 0 Å². The van der Waals surface area contributed by atoms with E-state index in [0.717, 1.165) is 5.56 Å². The number of carbonyl (C=O) groups is 1. The number of hydrogen-bond acceptors (Lipinski definition) is 4. The van der Waals surface area contributed by atoms with Gasteiger partial charge in [-0.3, -0.25) is 0 Å². The lowest BCUT2D eigenvalue weighted by Gasteiger charge is -2.09. The molecule has 4 nitrogen and oxygen atoms in total. The van der Waals surface area contributed by atoms with Gasteiger partial charge in [0.05, 0.1) is 0 Å². The third kappa shape index (κ3) is 4.15. The Morgan fingerprint density at radius 3 is 2.21 bits per heavy atom. The van der Waals surface area contributed by atoms with Crippen LogP contribution < -0.4 is 5.46 Å². The van der Waals surface area contributed by atoms with E-state index in [1.165, 1.54) is 0 Å². The Kier molecular flexibility index (Phi) is 4.58. The summed E-state index contributed by atoms with van der Waals surface area (Å²) in [6.45, 7) is 0.112. The Bertz CT molecular complexity index is 515. The van der Waals surface area contributed by atoms with Gasteiger partial charge in [0.15, 0.2) is 0 Å². The summed E-state index contributed by atoms with van der Waals surface area (Å²) in [6, 6.07) is 17.9. The van der Waals surface area contributed by atoms with Gasteiger partial charge in [0.2, 0.25) is 0 Å². The van der Waals surface area contributed by atoms with Crippen molar-refractivity contribution in [3.63, 3.8) is 0 Å². The second-order valence-corrected chi connectivity index (χ2v) is 3.91. The fourth-order valence-corrected chi connectivity index (χ4v) is 1.53. The molecule has 0 aliphatic rings. The first-order valence-electron chi connectivity index (χ1n) is 5.86. The monoisotopic (exact) mass is 256 g/mol. The standard InChI is InChI=1S/C14H13BO4/c16-14(18-11-12-7-3-1-4-8-12)19-15(17)13-9-5-2-6-10-13/h1-10,17H,11H2. The van der Waals surface area contributed by atoms with Crippen LogP contribution in [0.25, 0.3) is 0 Å². The number of hydrogen-bond donors (Lipinski definition) is 1. The first-order valence-corrected chi connectivity index (χ1v) is 5.86. The molecule has 5 heteroatoms. The highest BCUT2D eigenvalue weighted by Crippen LogP contribution is 2.02. The molecule has 0 spiro atoms. The van der Waals surface area contributed by atoms with E-state index < -0.39 is 13.3 Å². The normalized spacial score (nSPS) is 9.74. The van der Waals surface area contributed by atoms with Crippen molar-refractivity contribution in [1.29, 1.82) is 0 Å². The van der Waals surface area contributed by atoms with Crippen LogP contribution in [0.5, 0.6) is 0 Å². The van der Waals surface area contributed by atoms with Crippen LogP contribution >= 0.6 is 0 Å². The topological polar surface area (TPSA) is 55.8 Å². The molecule has 0 unspecified atom stereocenters. The molecule has 2 aromatic rings. The van der Waals surface area contributed by atoms with Crippen LogP contribution in [0.15, 0.2) is 60.7 Å². The molecule has 1 N–H and O–H groups in total. The summed E-state index contributed by atoms with van der Waals surface area (Å²) in [7, 11) is -1.32. The molecule has 0 bridgehead atoms. The minimum Gasteiger partial charge on any atom is -0.473 e.